The monoisotopic (exact) mass is 338 g/mol. The van der Waals surface area contributed by atoms with Crippen molar-refractivity contribution < 1.29 is 22.8 Å². The molecule has 2 unspecified atom stereocenters. The average Bonchev–Trinajstić information content (AvgIpc) is 3.07. The minimum atomic E-state index is -4.63. The van der Waals surface area contributed by atoms with Crippen molar-refractivity contribution in [3.05, 3.63) is 35.9 Å². The minimum Gasteiger partial charge on any atom is -0.341 e. The summed E-state index contributed by atoms with van der Waals surface area (Å²) in [4.78, 5) is 25.8. The van der Waals surface area contributed by atoms with E-state index in [0.29, 0.717) is 13.1 Å². The van der Waals surface area contributed by atoms with E-state index in [-0.39, 0.29) is 5.56 Å². The summed E-state index contributed by atoms with van der Waals surface area (Å²) in [5, 5.41) is 9.11. The lowest BCUT2D eigenvalue weighted by Crippen LogP contribution is -2.38. The van der Waals surface area contributed by atoms with Gasteiger partial charge in [-0.2, -0.15) is 18.4 Å². The fraction of sp³-hybridized carbons (Fsp3) is 0.471. The second-order valence-electron chi connectivity index (χ2n) is 5.77. The number of hydrogen-bond acceptors (Lipinski definition) is 3. The first-order chi connectivity index (χ1) is 11.3. The Morgan fingerprint density at radius 1 is 1.17 bits per heavy atom. The van der Waals surface area contributed by atoms with Crippen molar-refractivity contribution in [2.45, 2.75) is 31.4 Å². The molecule has 1 heterocycles. The van der Waals surface area contributed by atoms with Crippen LogP contribution in [0.25, 0.3) is 0 Å². The van der Waals surface area contributed by atoms with Crippen molar-refractivity contribution in [3.8, 4) is 6.07 Å². The topological polar surface area (TPSA) is 61.2 Å². The van der Waals surface area contributed by atoms with Crippen molar-refractivity contribution >= 4 is 11.7 Å². The lowest BCUT2D eigenvalue weighted by atomic mass is 9.88. The van der Waals surface area contributed by atoms with E-state index in [1.165, 1.54) is 29.2 Å². The van der Waals surface area contributed by atoms with Gasteiger partial charge in [-0.1, -0.05) is 30.3 Å². The van der Waals surface area contributed by atoms with Crippen LogP contribution in [0.15, 0.2) is 30.3 Å². The number of carbonyl (C=O) groups excluding carboxylic acids is 2. The highest BCUT2D eigenvalue weighted by molar-refractivity contribution is 6.04. The summed E-state index contributed by atoms with van der Waals surface area (Å²) in [6, 6.07) is 8.64. The van der Waals surface area contributed by atoms with Crippen LogP contribution in [0.5, 0.6) is 0 Å². The highest BCUT2D eigenvalue weighted by Crippen LogP contribution is 2.38. The highest BCUT2D eigenvalue weighted by atomic mass is 19.4. The number of amides is 1. The Balaban J connectivity index is 2.17. The number of benzene rings is 1. The van der Waals surface area contributed by atoms with Crippen LogP contribution in [0.2, 0.25) is 0 Å². The van der Waals surface area contributed by atoms with Gasteiger partial charge >= 0.3 is 6.18 Å². The van der Waals surface area contributed by atoms with Gasteiger partial charge in [0.2, 0.25) is 5.91 Å². The third-order valence-corrected chi connectivity index (χ3v) is 4.12. The molecule has 0 bridgehead atoms. The van der Waals surface area contributed by atoms with E-state index in [0.717, 1.165) is 12.8 Å². The Hall–Kier alpha value is -2.36. The van der Waals surface area contributed by atoms with Crippen LogP contribution >= 0.6 is 0 Å². The van der Waals surface area contributed by atoms with Crippen LogP contribution in [0.3, 0.4) is 0 Å². The molecule has 1 aromatic rings. The Bertz CT molecular complexity index is 631. The molecule has 1 aliphatic rings. The predicted octanol–water partition coefficient (Wildman–Crippen LogP) is 3.05. The summed E-state index contributed by atoms with van der Waals surface area (Å²) in [7, 11) is 0. The summed E-state index contributed by atoms with van der Waals surface area (Å²) in [6.07, 6.45) is -4.00. The van der Waals surface area contributed by atoms with Crippen molar-refractivity contribution in [3.63, 3.8) is 0 Å². The van der Waals surface area contributed by atoms with E-state index in [1.54, 1.807) is 12.1 Å². The van der Waals surface area contributed by atoms with Crippen molar-refractivity contribution in [2.24, 2.45) is 5.92 Å². The molecule has 2 atom stereocenters. The number of carbonyl (C=O) groups is 2. The van der Waals surface area contributed by atoms with Gasteiger partial charge in [0.1, 0.15) is 0 Å². The molecule has 0 N–H and O–H groups in total. The standard InChI is InChI=1S/C17H17F3N2O2/c18-17(19,20)14(12-6-2-1-3-7-12)10-15(23)13(11-21)16(24)22-8-4-5-9-22/h1-3,6-7,13-14H,4-5,8-10H2. The van der Waals surface area contributed by atoms with Crippen LogP contribution in [-0.2, 0) is 9.59 Å². The van der Waals surface area contributed by atoms with E-state index in [2.05, 4.69) is 0 Å². The van der Waals surface area contributed by atoms with Crippen LogP contribution < -0.4 is 0 Å². The zero-order chi connectivity index (χ0) is 17.7. The third kappa shape index (κ3) is 4.13. The number of nitriles is 1. The fourth-order valence-electron chi connectivity index (χ4n) is 2.81. The van der Waals surface area contributed by atoms with Gasteiger partial charge in [-0.15, -0.1) is 0 Å². The van der Waals surface area contributed by atoms with Gasteiger partial charge in [-0.05, 0) is 18.4 Å². The predicted molar refractivity (Wildman–Crippen MR) is 79.8 cm³/mol. The van der Waals surface area contributed by atoms with E-state index >= 15 is 0 Å². The molecular weight excluding hydrogens is 321 g/mol. The number of ketones is 1. The fourth-order valence-corrected chi connectivity index (χ4v) is 2.81. The number of Topliss-reactive ketones (excluding diaryl/α,β-unsaturated/α-hetero) is 1. The summed E-state index contributed by atoms with van der Waals surface area (Å²) < 4.78 is 39.9. The van der Waals surface area contributed by atoms with Gasteiger partial charge in [0.25, 0.3) is 0 Å². The molecule has 1 saturated heterocycles. The number of alkyl halides is 3. The number of hydrogen-bond donors (Lipinski definition) is 0. The normalized spacial score (nSPS) is 17.2. The number of rotatable bonds is 5. The zero-order valence-electron chi connectivity index (χ0n) is 12.9. The maximum Gasteiger partial charge on any atom is 0.396 e. The molecule has 128 valence electrons. The largest absolute Gasteiger partial charge is 0.396 e. The van der Waals surface area contributed by atoms with Gasteiger partial charge in [-0.25, -0.2) is 0 Å². The summed E-state index contributed by atoms with van der Waals surface area (Å²) >= 11 is 0. The Kier molecular flexibility index (Phi) is 5.60. The van der Waals surface area contributed by atoms with E-state index in [9.17, 15) is 22.8 Å². The van der Waals surface area contributed by atoms with Crippen LogP contribution in [0.4, 0.5) is 13.2 Å². The molecule has 0 aromatic heterocycles. The van der Waals surface area contributed by atoms with Crippen LogP contribution in [-0.4, -0.2) is 35.9 Å². The van der Waals surface area contributed by atoms with E-state index in [4.69, 9.17) is 5.26 Å². The first-order valence-electron chi connectivity index (χ1n) is 7.67. The zero-order valence-corrected chi connectivity index (χ0v) is 12.9. The molecule has 24 heavy (non-hydrogen) atoms. The van der Waals surface area contributed by atoms with E-state index in [1.807, 2.05) is 0 Å². The van der Waals surface area contributed by atoms with Crippen molar-refractivity contribution in [2.75, 3.05) is 13.1 Å². The third-order valence-electron chi connectivity index (χ3n) is 4.12. The van der Waals surface area contributed by atoms with Crippen LogP contribution in [0.1, 0.15) is 30.7 Å². The second kappa shape index (κ2) is 7.47. The van der Waals surface area contributed by atoms with E-state index < -0.39 is 36.1 Å². The van der Waals surface area contributed by atoms with Gasteiger partial charge in [0.15, 0.2) is 11.7 Å². The molecule has 1 amide bonds. The minimum absolute atomic E-state index is 0.0522. The molecule has 0 spiro atoms. The summed E-state index contributed by atoms with van der Waals surface area (Å²) in [5.74, 6) is -5.36. The number of likely N-dealkylation sites (tertiary alicyclic amines) is 1. The van der Waals surface area contributed by atoms with Crippen molar-refractivity contribution in [1.29, 1.82) is 5.26 Å². The molecule has 4 nitrogen and oxygen atoms in total. The Morgan fingerprint density at radius 2 is 1.75 bits per heavy atom. The number of nitrogens with zero attached hydrogens (tertiary/aromatic N) is 2. The quantitative estimate of drug-likeness (QED) is 0.775. The SMILES string of the molecule is N#CC(C(=O)CC(c1ccccc1)C(F)(F)F)C(=O)N1CCCC1. The van der Waals surface area contributed by atoms with Gasteiger partial charge < -0.3 is 4.90 Å². The van der Waals surface area contributed by atoms with Gasteiger partial charge in [0.05, 0.1) is 12.0 Å². The first kappa shape index (κ1) is 18.0. The van der Waals surface area contributed by atoms with Gasteiger partial charge in [-0.3, -0.25) is 9.59 Å². The lowest BCUT2D eigenvalue weighted by Gasteiger charge is -2.22. The summed E-state index contributed by atoms with van der Waals surface area (Å²) in [6.45, 7) is 0.872. The molecular formula is C17H17F3N2O2. The molecule has 0 saturated carbocycles. The lowest BCUT2D eigenvalue weighted by molar-refractivity contribution is -0.158. The highest BCUT2D eigenvalue weighted by Gasteiger charge is 2.44. The second-order valence-corrected chi connectivity index (χ2v) is 5.77. The Morgan fingerprint density at radius 3 is 2.25 bits per heavy atom. The van der Waals surface area contributed by atoms with Crippen LogP contribution in [0, 0.1) is 17.2 Å². The molecule has 1 aliphatic heterocycles. The first-order valence-corrected chi connectivity index (χ1v) is 7.67. The Labute approximate surface area is 137 Å². The van der Waals surface area contributed by atoms with Crippen molar-refractivity contribution in [1.82, 2.24) is 4.90 Å². The molecule has 1 aromatic carbocycles. The van der Waals surface area contributed by atoms with Gasteiger partial charge in [0, 0.05) is 19.5 Å². The maximum atomic E-state index is 13.3. The molecule has 1 fully saturated rings. The molecule has 0 radical (unpaired) electrons. The number of halogens is 3. The molecule has 7 heteroatoms. The maximum absolute atomic E-state index is 13.3. The molecule has 0 aliphatic carbocycles. The summed E-state index contributed by atoms with van der Waals surface area (Å²) in [5.41, 5.74) is -0.0522. The molecule has 2 rings (SSSR count). The average molecular weight is 338 g/mol. The smallest absolute Gasteiger partial charge is 0.341 e.